The smallest absolute Gasteiger partial charge is 0.311 e. The Balaban J connectivity index is 2.61. The molecule has 2 aromatic rings. The predicted molar refractivity (Wildman–Crippen MR) is 91.9 cm³/mol. The Labute approximate surface area is 144 Å². The van der Waals surface area contributed by atoms with Crippen LogP contribution < -0.4 is 14.2 Å². The summed E-state index contributed by atoms with van der Waals surface area (Å²) in [6, 6.07) is 11.7. The van der Waals surface area contributed by atoms with Gasteiger partial charge in [-0.25, -0.2) is 0 Å². The fourth-order valence-electron chi connectivity index (χ4n) is 2.40. The third kappa shape index (κ3) is 3.70. The Morgan fingerprint density at radius 1 is 1.00 bits per heavy atom. The third-order valence-corrected chi connectivity index (χ3v) is 3.59. The number of rotatable bonds is 6. The van der Waals surface area contributed by atoms with Crippen LogP contribution in [0.3, 0.4) is 0 Å². The molecule has 0 saturated heterocycles. The summed E-state index contributed by atoms with van der Waals surface area (Å²) >= 11 is 0. The van der Waals surface area contributed by atoms with Crippen molar-refractivity contribution in [2.75, 3.05) is 21.3 Å². The first-order chi connectivity index (χ1) is 12.0. The molecule has 0 amide bonds. The van der Waals surface area contributed by atoms with Crippen molar-refractivity contribution in [1.82, 2.24) is 0 Å². The Morgan fingerprint density at radius 2 is 1.56 bits per heavy atom. The molecular weight excluding hydrogens is 324 g/mol. The fourth-order valence-corrected chi connectivity index (χ4v) is 2.40. The molecule has 0 aromatic heterocycles. The normalized spacial score (nSPS) is 10.7. The Morgan fingerprint density at radius 3 is 2.08 bits per heavy atom. The summed E-state index contributed by atoms with van der Waals surface area (Å²) in [5, 5.41) is 20.4. The van der Waals surface area contributed by atoms with Crippen LogP contribution in [0, 0.1) is 21.4 Å². The minimum atomic E-state index is -0.527. The van der Waals surface area contributed by atoms with Gasteiger partial charge in [-0.05, 0) is 34.9 Å². The molecule has 25 heavy (non-hydrogen) atoms. The van der Waals surface area contributed by atoms with E-state index in [4.69, 9.17) is 19.5 Å². The summed E-state index contributed by atoms with van der Waals surface area (Å²) in [7, 11) is 4.40. The van der Waals surface area contributed by atoms with Gasteiger partial charge < -0.3 is 14.2 Å². The molecular formula is C18H16N2O5. The molecule has 2 aromatic carbocycles. The van der Waals surface area contributed by atoms with E-state index in [2.05, 4.69) is 0 Å². The Hall–Kier alpha value is -3.53. The maximum absolute atomic E-state index is 11.2. The molecule has 0 spiro atoms. The van der Waals surface area contributed by atoms with Gasteiger partial charge in [0, 0.05) is 12.1 Å². The molecule has 0 aliphatic carbocycles. The monoisotopic (exact) mass is 340 g/mol. The van der Waals surface area contributed by atoms with Crippen LogP contribution in [0.1, 0.15) is 11.1 Å². The standard InChI is InChI=1S/C18H16N2O5/c1-23-16-6-4-12(10-15(16)20(21)22)14(8-9-19)13-5-7-17(24-2)18(11-13)25-3/h4-8,10-11H,1-3H3. The molecule has 0 bridgehead atoms. The van der Waals surface area contributed by atoms with Crippen LogP contribution in [0.5, 0.6) is 17.2 Å². The van der Waals surface area contributed by atoms with Crippen LogP contribution in [-0.4, -0.2) is 26.3 Å². The van der Waals surface area contributed by atoms with Crippen molar-refractivity contribution in [3.8, 4) is 23.3 Å². The van der Waals surface area contributed by atoms with E-state index in [1.807, 2.05) is 6.07 Å². The zero-order valence-corrected chi connectivity index (χ0v) is 14.0. The van der Waals surface area contributed by atoms with Gasteiger partial charge in [-0.3, -0.25) is 10.1 Å². The average molecular weight is 340 g/mol. The van der Waals surface area contributed by atoms with E-state index in [-0.39, 0.29) is 11.4 Å². The van der Waals surface area contributed by atoms with Crippen molar-refractivity contribution in [3.05, 3.63) is 63.7 Å². The van der Waals surface area contributed by atoms with Crippen molar-refractivity contribution in [3.63, 3.8) is 0 Å². The van der Waals surface area contributed by atoms with E-state index in [1.165, 1.54) is 39.5 Å². The lowest BCUT2D eigenvalue weighted by Gasteiger charge is -2.12. The van der Waals surface area contributed by atoms with Crippen molar-refractivity contribution in [1.29, 1.82) is 5.26 Å². The number of ether oxygens (including phenoxy) is 3. The fraction of sp³-hybridized carbons (Fsp3) is 0.167. The van der Waals surface area contributed by atoms with Gasteiger partial charge in [0.25, 0.3) is 0 Å². The van der Waals surface area contributed by atoms with Crippen molar-refractivity contribution in [2.24, 2.45) is 0 Å². The number of benzene rings is 2. The third-order valence-electron chi connectivity index (χ3n) is 3.59. The highest BCUT2D eigenvalue weighted by Gasteiger charge is 2.18. The van der Waals surface area contributed by atoms with E-state index in [9.17, 15) is 10.1 Å². The van der Waals surface area contributed by atoms with E-state index in [0.29, 0.717) is 28.2 Å². The minimum absolute atomic E-state index is 0.150. The molecule has 0 atom stereocenters. The summed E-state index contributed by atoms with van der Waals surface area (Å²) in [4.78, 5) is 10.7. The number of hydrogen-bond donors (Lipinski definition) is 0. The van der Waals surface area contributed by atoms with Gasteiger partial charge in [0.1, 0.15) is 0 Å². The SMILES string of the molecule is COc1ccc(C(=CC#N)c2ccc(OC)c([N+](=O)[O-])c2)cc1OC. The zero-order valence-electron chi connectivity index (χ0n) is 14.0. The molecule has 0 N–H and O–H groups in total. The number of nitro benzene ring substituents is 1. The number of allylic oxidation sites excluding steroid dienone is 1. The van der Waals surface area contributed by atoms with Gasteiger partial charge in [-0.2, -0.15) is 5.26 Å². The van der Waals surface area contributed by atoms with Crippen LogP contribution in [0.15, 0.2) is 42.5 Å². The number of hydrogen-bond acceptors (Lipinski definition) is 6. The molecule has 0 unspecified atom stereocenters. The van der Waals surface area contributed by atoms with Gasteiger partial charge in [0.05, 0.1) is 32.3 Å². The second-order valence-electron chi connectivity index (χ2n) is 4.90. The topological polar surface area (TPSA) is 94.6 Å². The van der Waals surface area contributed by atoms with Crippen molar-refractivity contribution < 1.29 is 19.1 Å². The number of nitrogens with zero attached hydrogens (tertiary/aromatic N) is 2. The zero-order chi connectivity index (χ0) is 18.4. The molecule has 0 aliphatic heterocycles. The summed E-state index contributed by atoms with van der Waals surface area (Å²) in [6.07, 6.45) is 1.33. The summed E-state index contributed by atoms with van der Waals surface area (Å²) in [5.74, 6) is 1.19. The lowest BCUT2D eigenvalue weighted by molar-refractivity contribution is -0.385. The lowest BCUT2D eigenvalue weighted by Crippen LogP contribution is -1.97. The first-order valence-electron chi connectivity index (χ1n) is 7.20. The first kappa shape index (κ1) is 17.8. The Bertz CT molecular complexity index is 868. The van der Waals surface area contributed by atoms with Crippen LogP contribution >= 0.6 is 0 Å². The average Bonchev–Trinajstić information content (AvgIpc) is 2.64. The minimum Gasteiger partial charge on any atom is -0.493 e. The molecule has 2 rings (SSSR count). The summed E-state index contributed by atoms with van der Waals surface area (Å²) in [5.41, 5.74) is 1.53. The summed E-state index contributed by atoms with van der Waals surface area (Å²) < 4.78 is 15.5. The van der Waals surface area contributed by atoms with Crippen LogP contribution in [0.25, 0.3) is 5.57 Å². The van der Waals surface area contributed by atoms with Crippen LogP contribution in [0.4, 0.5) is 5.69 Å². The summed E-state index contributed by atoms with van der Waals surface area (Å²) in [6.45, 7) is 0. The molecule has 0 fully saturated rings. The molecule has 0 radical (unpaired) electrons. The van der Waals surface area contributed by atoms with E-state index >= 15 is 0 Å². The molecule has 0 aliphatic rings. The van der Waals surface area contributed by atoms with E-state index < -0.39 is 4.92 Å². The number of nitro groups is 1. The second kappa shape index (κ2) is 7.84. The number of nitriles is 1. The number of methoxy groups -OCH3 is 3. The molecule has 7 nitrogen and oxygen atoms in total. The first-order valence-corrected chi connectivity index (χ1v) is 7.20. The highest BCUT2D eigenvalue weighted by molar-refractivity contribution is 5.83. The van der Waals surface area contributed by atoms with Gasteiger partial charge in [-0.15, -0.1) is 0 Å². The Kier molecular flexibility index (Phi) is 5.58. The van der Waals surface area contributed by atoms with Crippen LogP contribution in [-0.2, 0) is 0 Å². The second-order valence-corrected chi connectivity index (χ2v) is 4.90. The quantitative estimate of drug-likeness (QED) is 0.453. The maximum Gasteiger partial charge on any atom is 0.311 e. The maximum atomic E-state index is 11.2. The largest absolute Gasteiger partial charge is 0.493 e. The van der Waals surface area contributed by atoms with Crippen LogP contribution in [0.2, 0.25) is 0 Å². The van der Waals surface area contributed by atoms with E-state index in [1.54, 1.807) is 24.3 Å². The molecule has 128 valence electrons. The van der Waals surface area contributed by atoms with Gasteiger partial charge in [-0.1, -0.05) is 12.1 Å². The van der Waals surface area contributed by atoms with Crippen molar-refractivity contribution in [2.45, 2.75) is 0 Å². The van der Waals surface area contributed by atoms with Crippen molar-refractivity contribution >= 4 is 11.3 Å². The highest BCUT2D eigenvalue weighted by atomic mass is 16.6. The van der Waals surface area contributed by atoms with Gasteiger partial charge >= 0.3 is 5.69 Å². The van der Waals surface area contributed by atoms with E-state index in [0.717, 1.165) is 0 Å². The molecule has 7 heteroatoms. The molecule has 0 saturated carbocycles. The predicted octanol–water partition coefficient (Wildman–Crippen LogP) is 3.58. The molecule has 0 heterocycles. The van der Waals surface area contributed by atoms with Gasteiger partial charge in [0.15, 0.2) is 17.2 Å². The van der Waals surface area contributed by atoms with Gasteiger partial charge in [0.2, 0.25) is 0 Å². The highest BCUT2D eigenvalue weighted by Crippen LogP contribution is 2.36. The lowest BCUT2D eigenvalue weighted by atomic mass is 9.96.